The fraction of sp³-hybridized carbons (Fsp3) is 0.0769. The number of nitrogens with one attached hydrogen (secondary N) is 2. The molecule has 4 aromatic heterocycles. The summed E-state index contributed by atoms with van der Waals surface area (Å²) >= 11 is 0. The Labute approximate surface area is 206 Å². The van der Waals surface area contributed by atoms with Crippen LogP contribution in [0.3, 0.4) is 0 Å². The van der Waals surface area contributed by atoms with Crippen molar-refractivity contribution in [2.24, 2.45) is 0 Å². The molecule has 0 aliphatic heterocycles. The van der Waals surface area contributed by atoms with Gasteiger partial charge in [0.1, 0.15) is 24.3 Å². The zero-order chi connectivity index (χ0) is 24.7. The fourth-order valence-corrected chi connectivity index (χ4v) is 3.55. The standard InChI is InChI=1S/C26H22N8O2/c35-25(31-15-19-5-7-29-23(13-19)33-11-9-27-17-33)21-1-2-22(4-3-21)26(36)32-16-20-6-8-30-24(14-20)34-12-10-28-18-34/h1-14,17-18H,15-16H2,(H,31,35)(H,32,36). The molecule has 0 fully saturated rings. The van der Waals surface area contributed by atoms with Crippen LogP contribution in [-0.2, 0) is 13.1 Å². The van der Waals surface area contributed by atoms with Crippen molar-refractivity contribution in [1.82, 2.24) is 39.7 Å². The van der Waals surface area contributed by atoms with Crippen LogP contribution >= 0.6 is 0 Å². The normalized spacial score (nSPS) is 10.7. The summed E-state index contributed by atoms with van der Waals surface area (Å²) in [5.74, 6) is 0.984. The maximum absolute atomic E-state index is 12.6. The van der Waals surface area contributed by atoms with Crippen LogP contribution in [-0.4, -0.2) is 40.9 Å². The molecule has 10 nitrogen and oxygen atoms in total. The summed E-state index contributed by atoms with van der Waals surface area (Å²) in [6.07, 6.45) is 13.7. The number of carbonyl (C=O) groups is 2. The predicted octanol–water partition coefficient (Wildman–Crippen LogP) is 2.71. The highest BCUT2D eigenvalue weighted by Crippen LogP contribution is 2.10. The van der Waals surface area contributed by atoms with E-state index in [1.165, 1.54) is 0 Å². The van der Waals surface area contributed by atoms with Crippen molar-refractivity contribution in [3.8, 4) is 11.6 Å². The first-order valence-electron chi connectivity index (χ1n) is 11.2. The number of imidazole rings is 2. The van der Waals surface area contributed by atoms with Gasteiger partial charge in [0.2, 0.25) is 0 Å². The van der Waals surface area contributed by atoms with Crippen LogP contribution in [0, 0.1) is 0 Å². The summed E-state index contributed by atoms with van der Waals surface area (Å²) < 4.78 is 3.59. The minimum Gasteiger partial charge on any atom is -0.348 e. The van der Waals surface area contributed by atoms with Crippen molar-refractivity contribution in [2.75, 3.05) is 0 Å². The molecule has 0 bridgehead atoms. The summed E-state index contributed by atoms with van der Waals surface area (Å²) in [6, 6.07) is 14.0. The molecule has 1 aromatic carbocycles. The topological polar surface area (TPSA) is 120 Å². The third kappa shape index (κ3) is 5.33. The second kappa shape index (κ2) is 10.4. The quantitative estimate of drug-likeness (QED) is 0.354. The largest absolute Gasteiger partial charge is 0.348 e. The van der Waals surface area contributed by atoms with Gasteiger partial charge in [0.05, 0.1) is 0 Å². The molecule has 0 atom stereocenters. The number of rotatable bonds is 8. The van der Waals surface area contributed by atoms with E-state index < -0.39 is 0 Å². The first-order valence-corrected chi connectivity index (χ1v) is 11.2. The lowest BCUT2D eigenvalue weighted by Crippen LogP contribution is -2.24. The maximum Gasteiger partial charge on any atom is 0.251 e. The first kappa shape index (κ1) is 22.7. The number of pyridine rings is 2. The average molecular weight is 479 g/mol. The summed E-state index contributed by atoms with van der Waals surface area (Å²) in [5.41, 5.74) is 2.75. The molecule has 0 saturated carbocycles. The summed E-state index contributed by atoms with van der Waals surface area (Å²) in [7, 11) is 0. The van der Waals surface area contributed by atoms with Crippen LogP contribution < -0.4 is 10.6 Å². The van der Waals surface area contributed by atoms with Gasteiger partial charge >= 0.3 is 0 Å². The number of carbonyl (C=O) groups excluding carboxylic acids is 2. The van der Waals surface area contributed by atoms with Crippen molar-refractivity contribution in [3.63, 3.8) is 0 Å². The monoisotopic (exact) mass is 478 g/mol. The van der Waals surface area contributed by atoms with E-state index in [2.05, 4.69) is 30.6 Å². The molecular formula is C26H22N8O2. The van der Waals surface area contributed by atoms with E-state index >= 15 is 0 Å². The number of benzene rings is 1. The van der Waals surface area contributed by atoms with Crippen molar-refractivity contribution in [3.05, 3.63) is 121 Å². The third-order valence-corrected chi connectivity index (χ3v) is 5.47. The van der Waals surface area contributed by atoms with Crippen LogP contribution in [0.1, 0.15) is 31.8 Å². The van der Waals surface area contributed by atoms with Gasteiger partial charge in [0.25, 0.3) is 11.8 Å². The highest BCUT2D eigenvalue weighted by molar-refractivity contribution is 5.97. The molecule has 0 saturated heterocycles. The van der Waals surface area contributed by atoms with E-state index in [0.29, 0.717) is 24.2 Å². The minimum atomic E-state index is -0.230. The van der Waals surface area contributed by atoms with E-state index in [0.717, 1.165) is 22.8 Å². The first-order chi connectivity index (χ1) is 17.7. The lowest BCUT2D eigenvalue weighted by molar-refractivity contribution is 0.0939. The molecule has 0 spiro atoms. The molecule has 2 N–H and O–H groups in total. The minimum absolute atomic E-state index is 0.230. The molecule has 2 amide bonds. The van der Waals surface area contributed by atoms with Gasteiger partial charge in [-0.3, -0.25) is 18.7 Å². The van der Waals surface area contributed by atoms with Gasteiger partial charge in [-0.15, -0.1) is 0 Å². The molecule has 36 heavy (non-hydrogen) atoms. The van der Waals surface area contributed by atoms with Crippen LogP contribution in [0.2, 0.25) is 0 Å². The van der Waals surface area contributed by atoms with E-state index in [-0.39, 0.29) is 11.8 Å². The zero-order valence-corrected chi connectivity index (χ0v) is 19.2. The SMILES string of the molecule is O=C(NCc1ccnc(-n2ccnc2)c1)c1ccc(C(=O)NCc2ccnc(-n3ccnc3)c2)cc1. The number of hydrogen-bond donors (Lipinski definition) is 2. The Morgan fingerprint density at radius 1 is 0.639 bits per heavy atom. The van der Waals surface area contributed by atoms with Gasteiger partial charge in [-0.2, -0.15) is 0 Å². The maximum atomic E-state index is 12.6. The second-order valence-electron chi connectivity index (χ2n) is 7.93. The number of nitrogens with zero attached hydrogens (tertiary/aromatic N) is 6. The number of hydrogen-bond acceptors (Lipinski definition) is 6. The number of aromatic nitrogens is 6. The molecule has 5 rings (SSSR count). The van der Waals surface area contributed by atoms with Crippen LogP contribution in [0.5, 0.6) is 0 Å². The Balaban J connectivity index is 1.15. The Morgan fingerprint density at radius 2 is 1.08 bits per heavy atom. The van der Waals surface area contributed by atoms with E-state index in [1.807, 2.05) is 24.3 Å². The lowest BCUT2D eigenvalue weighted by atomic mass is 10.1. The summed E-state index contributed by atoms with van der Waals surface area (Å²) in [6.45, 7) is 0.691. The predicted molar refractivity (Wildman–Crippen MR) is 132 cm³/mol. The van der Waals surface area contributed by atoms with E-state index in [1.54, 1.807) is 83.2 Å². The summed E-state index contributed by atoms with van der Waals surface area (Å²) in [5, 5.41) is 5.79. The van der Waals surface area contributed by atoms with E-state index in [9.17, 15) is 9.59 Å². The van der Waals surface area contributed by atoms with Gasteiger partial charge in [-0.1, -0.05) is 0 Å². The van der Waals surface area contributed by atoms with Crippen LogP contribution in [0.15, 0.2) is 98.4 Å². The molecule has 10 heteroatoms. The van der Waals surface area contributed by atoms with Crippen molar-refractivity contribution in [1.29, 1.82) is 0 Å². The van der Waals surface area contributed by atoms with Gasteiger partial charge in [0, 0.05) is 61.4 Å². The average Bonchev–Trinajstić information content (AvgIpc) is 3.66. The van der Waals surface area contributed by atoms with Gasteiger partial charge in [-0.05, 0) is 59.7 Å². The van der Waals surface area contributed by atoms with Gasteiger partial charge in [0.15, 0.2) is 0 Å². The Morgan fingerprint density at radius 3 is 1.47 bits per heavy atom. The third-order valence-electron chi connectivity index (χ3n) is 5.47. The zero-order valence-electron chi connectivity index (χ0n) is 19.2. The fourth-order valence-electron chi connectivity index (χ4n) is 3.55. The van der Waals surface area contributed by atoms with Gasteiger partial charge < -0.3 is 10.6 Å². The Bertz CT molecular complexity index is 1350. The van der Waals surface area contributed by atoms with Crippen LogP contribution in [0.25, 0.3) is 11.6 Å². The molecule has 4 heterocycles. The Hall–Kier alpha value is -5.12. The molecule has 0 aliphatic rings. The molecule has 0 aliphatic carbocycles. The molecule has 178 valence electrons. The lowest BCUT2D eigenvalue weighted by Gasteiger charge is -2.09. The molecular weight excluding hydrogens is 456 g/mol. The van der Waals surface area contributed by atoms with Crippen molar-refractivity contribution in [2.45, 2.75) is 13.1 Å². The van der Waals surface area contributed by atoms with Crippen molar-refractivity contribution < 1.29 is 9.59 Å². The number of amides is 2. The van der Waals surface area contributed by atoms with Crippen molar-refractivity contribution >= 4 is 11.8 Å². The smallest absolute Gasteiger partial charge is 0.251 e. The van der Waals surface area contributed by atoms with E-state index in [4.69, 9.17) is 0 Å². The summed E-state index contributed by atoms with van der Waals surface area (Å²) in [4.78, 5) is 41.9. The molecule has 0 radical (unpaired) electrons. The highest BCUT2D eigenvalue weighted by Gasteiger charge is 2.10. The highest BCUT2D eigenvalue weighted by atomic mass is 16.2. The Kier molecular flexibility index (Phi) is 6.57. The second-order valence-corrected chi connectivity index (χ2v) is 7.93. The van der Waals surface area contributed by atoms with Gasteiger partial charge in [-0.25, -0.2) is 19.9 Å². The molecule has 0 unspecified atom stereocenters. The van der Waals surface area contributed by atoms with Crippen LogP contribution in [0.4, 0.5) is 0 Å². The molecule has 5 aromatic rings.